The van der Waals surface area contributed by atoms with E-state index in [1.807, 2.05) is 6.07 Å². The van der Waals surface area contributed by atoms with Gasteiger partial charge in [0.2, 0.25) is 0 Å². The number of para-hydroxylation sites is 2. The van der Waals surface area contributed by atoms with Crippen LogP contribution in [-0.4, -0.2) is 16.2 Å². The fourth-order valence-corrected chi connectivity index (χ4v) is 3.47. The Labute approximate surface area is 154 Å². The standard InChI is InChI=1S/C23H24N2O/c1-2-3-15-23-24-20-12-6-7-13-21(20)25(23)16-17-26-22-14-8-10-18-9-4-5-11-19(18)22/h4-14H,2-3,15-17H2,1H3. The molecule has 0 fully saturated rings. The van der Waals surface area contributed by atoms with Crippen LogP contribution in [0, 0.1) is 0 Å². The van der Waals surface area contributed by atoms with E-state index in [2.05, 4.69) is 72.2 Å². The van der Waals surface area contributed by atoms with Crippen LogP contribution in [0.3, 0.4) is 0 Å². The van der Waals surface area contributed by atoms with E-state index in [-0.39, 0.29) is 0 Å². The summed E-state index contributed by atoms with van der Waals surface area (Å²) in [6, 6.07) is 22.9. The molecule has 0 aliphatic heterocycles. The third kappa shape index (κ3) is 3.30. The Hall–Kier alpha value is -2.81. The summed E-state index contributed by atoms with van der Waals surface area (Å²) in [7, 11) is 0. The summed E-state index contributed by atoms with van der Waals surface area (Å²) >= 11 is 0. The van der Waals surface area contributed by atoms with E-state index >= 15 is 0 Å². The van der Waals surface area contributed by atoms with E-state index in [0.29, 0.717) is 6.61 Å². The van der Waals surface area contributed by atoms with Gasteiger partial charge >= 0.3 is 0 Å². The molecule has 0 saturated heterocycles. The van der Waals surface area contributed by atoms with E-state index in [0.717, 1.165) is 41.9 Å². The number of ether oxygens (including phenoxy) is 1. The zero-order valence-corrected chi connectivity index (χ0v) is 15.2. The monoisotopic (exact) mass is 344 g/mol. The fourth-order valence-electron chi connectivity index (χ4n) is 3.47. The van der Waals surface area contributed by atoms with E-state index < -0.39 is 0 Å². The van der Waals surface area contributed by atoms with Gasteiger partial charge in [-0.25, -0.2) is 4.98 Å². The molecular formula is C23H24N2O. The van der Waals surface area contributed by atoms with Crippen molar-refractivity contribution >= 4 is 21.8 Å². The number of hydrogen-bond acceptors (Lipinski definition) is 2. The summed E-state index contributed by atoms with van der Waals surface area (Å²) in [5.74, 6) is 2.11. The van der Waals surface area contributed by atoms with Crippen molar-refractivity contribution in [2.24, 2.45) is 0 Å². The summed E-state index contributed by atoms with van der Waals surface area (Å²) in [5.41, 5.74) is 2.27. The van der Waals surface area contributed by atoms with Gasteiger partial charge in [0.15, 0.2) is 0 Å². The zero-order valence-electron chi connectivity index (χ0n) is 15.2. The molecule has 1 aromatic heterocycles. The molecule has 132 valence electrons. The van der Waals surface area contributed by atoms with Crippen molar-refractivity contribution < 1.29 is 4.74 Å². The molecule has 0 aliphatic carbocycles. The maximum absolute atomic E-state index is 6.15. The van der Waals surface area contributed by atoms with Gasteiger partial charge in [-0.05, 0) is 30.0 Å². The lowest BCUT2D eigenvalue weighted by Crippen LogP contribution is -2.11. The molecule has 0 bridgehead atoms. The van der Waals surface area contributed by atoms with Gasteiger partial charge in [0, 0.05) is 11.8 Å². The second kappa shape index (κ2) is 7.61. The first-order chi connectivity index (χ1) is 12.9. The molecule has 3 heteroatoms. The lowest BCUT2D eigenvalue weighted by Gasteiger charge is -2.12. The highest BCUT2D eigenvalue weighted by Crippen LogP contribution is 2.25. The average Bonchev–Trinajstić information content (AvgIpc) is 3.04. The first-order valence-electron chi connectivity index (χ1n) is 9.41. The van der Waals surface area contributed by atoms with Crippen LogP contribution in [-0.2, 0) is 13.0 Å². The molecule has 0 spiro atoms. The minimum Gasteiger partial charge on any atom is -0.491 e. The number of unbranched alkanes of at least 4 members (excludes halogenated alkanes) is 1. The van der Waals surface area contributed by atoms with Gasteiger partial charge in [-0.1, -0.05) is 61.9 Å². The smallest absolute Gasteiger partial charge is 0.127 e. The van der Waals surface area contributed by atoms with Crippen LogP contribution in [0.1, 0.15) is 25.6 Å². The lowest BCUT2D eigenvalue weighted by molar-refractivity contribution is 0.301. The minimum atomic E-state index is 0.632. The lowest BCUT2D eigenvalue weighted by atomic mass is 10.1. The summed E-state index contributed by atoms with van der Waals surface area (Å²) in [4.78, 5) is 4.83. The number of aromatic nitrogens is 2. The Kier molecular flexibility index (Phi) is 4.87. The number of fused-ring (bicyclic) bond motifs is 2. The highest BCUT2D eigenvalue weighted by atomic mass is 16.5. The van der Waals surface area contributed by atoms with Crippen molar-refractivity contribution in [3.05, 3.63) is 72.6 Å². The Morgan fingerprint density at radius 1 is 0.923 bits per heavy atom. The summed E-state index contributed by atoms with van der Waals surface area (Å²) in [6.07, 6.45) is 3.35. The maximum atomic E-state index is 6.15. The second-order valence-corrected chi connectivity index (χ2v) is 6.60. The van der Waals surface area contributed by atoms with E-state index in [4.69, 9.17) is 9.72 Å². The van der Waals surface area contributed by atoms with Crippen molar-refractivity contribution in [2.45, 2.75) is 32.7 Å². The van der Waals surface area contributed by atoms with Crippen LogP contribution in [0.15, 0.2) is 66.7 Å². The Morgan fingerprint density at radius 3 is 2.65 bits per heavy atom. The van der Waals surface area contributed by atoms with Crippen molar-refractivity contribution in [2.75, 3.05) is 6.61 Å². The van der Waals surface area contributed by atoms with Crippen LogP contribution in [0.4, 0.5) is 0 Å². The molecule has 4 aromatic rings. The normalized spacial score (nSPS) is 11.3. The summed E-state index contributed by atoms with van der Waals surface area (Å²) < 4.78 is 8.47. The SMILES string of the molecule is CCCCc1nc2ccccc2n1CCOc1cccc2ccccc12. The number of hydrogen-bond donors (Lipinski definition) is 0. The van der Waals surface area contributed by atoms with E-state index in [1.54, 1.807) is 0 Å². The number of imidazole rings is 1. The molecule has 0 N–H and O–H groups in total. The third-order valence-corrected chi connectivity index (χ3v) is 4.81. The van der Waals surface area contributed by atoms with Gasteiger partial charge in [-0.2, -0.15) is 0 Å². The van der Waals surface area contributed by atoms with E-state index in [9.17, 15) is 0 Å². The first-order valence-corrected chi connectivity index (χ1v) is 9.41. The molecule has 0 amide bonds. The quantitative estimate of drug-likeness (QED) is 0.435. The Balaban J connectivity index is 1.55. The topological polar surface area (TPSA) is 27.1 Å². The van der Waals surface area contributed by atoms with Crippen LogP contribution < -0.4 is 4.74 Å². The van der Waals surface area contributed by atoms with E-state index in [1.165, 1.54) is 17.3 Å². The zero-order chi connectivity index (χ0) is 17.8. The molecule has 0 radical (unpaired) electrons. The molecule has 1 heterocycles. The molecule has 4 rings (SSSR count). The molecule has 3 nitrogen and oxygen atoms in total. The maximum Gasteiger partial charge on any atom is 0.127 e. The van der Waals surface area contributed by atoms with Crippen molar-refractivity contribution in [3.8, 4) is 5.75 Å². The molecule has 0 unspecified atom stereocenters. The van der Waals surface area contributed by atoms with Crippen LogP contribution in [0.25, 0.3) is 21.8 Å². The number of rotatable bonds is 7. The molecule has 3 aromatic carbocycles. The Morgan fingerprint density at radius 2 is 1.73 bits per heavy atom. The van der Waals surface area contributed by atoms with Crippen LogP contribution in [0.2, 0.25) is 0 Å². The summed E-state index contributed by atoms with van der Waals surface area (Å²) in [5, 5.41) is 2.37. The van der Waals surface area contributed by atoms with Crippen molar-refractivity contribution in [1.29, 1.82) is 0 Å². The Bertz CT molecular complexity index is 1010. The molecule has 26 heavy (non-hydrogen) atoms. The van der Waals surface area contributed by atoms with Crippen LogP contribution in [0.5, 0.6) is 5.75 Å². The van der Waals surface area contributed by atoms with Gasteiger partial charge in [0.1, 0.15) is 18.2 Å². The largest absolute Gasteiger partial charge is 0.491 e. The van der Waals surface area contributed by atoms with Gasteiger partial charge in [-0.3, -0.25) is 0 Å². The van der Waals surface area contributed by atoms with Gasteiger partial charge < -0.3 is 9.30 Å². The van der Waals surface area contributed by atoms with Gasteiger partial charge in [-0.15, -0.1) is 0 Å². The molecular weight excluding hydrogens is 320 g/mol. The third-order valence-electron chi connectivity index (χ3n) is 4.81. The predicted molar refractivity (Wildman–Crippen MR) is 108 cm³/mol. The minimum absolute atomic E-state index is 0.632. The summed E-state index contributed by atoms with van der Waals surface area (Å²) in [6.45, 7) is 3.66. The highest BCUT2D eigenvalue weighted by Gasteiger charge is 2.10. The molecule has 0 atom stereocenters. The number of nitrogens with zero attached hydrogens (tertiary/aromatic N) is 2. The van der Waals surface area contributed by atoms with Crippen LogP contribution >= 0.6 is 0 Å². The fraction of sp³-hybridized carbons (Fsp3) is 0.261. The predicted octanol–water partition coefficient (Wildman–Crippen LogP) is 5.61. The van der Waals surface area contributed by atoms with Gasteiger partial charge in [0.05, 0.1) is 17.6 Å². The van der Waals surface area contributed by atoms with Crippen molar-refractivity contribution in [3.63, 3.8) is 0 Å². The van der Waals surface area contributed by atoms with Crippen molar-refractivity contribution in [1.82, 2.24) is 9.55 Å². The first kappa shape index (κ1) is 16.6. The average molecular weight is 344 g/mol. The molecule has 0 saturated carbocycles. The van der Waals surface area contributed by atoms with Gasteiger partial charge in [0.25, 0.3) is 0 Å². The second-order valence-electron chi connectivity index (χ2n) is 6.60. The number of benzene rings is 3. The molecule has 0 aliphatic rings. The number of aryl methyl sites for hydroxylation is 1. The highest BCUT2D eigenvalue weighted by molar-refractivity contribution is 5.88.